The Morgan fingerprint density at radius 3 is 1.93 bits per heavy atom. The zero-order valence-electron chi connectivity index (χ0n) is 25.1. The summed E-state index contributed by atoms with van der Waals surface area (Å²) < 4.78 is 0. The zero-order chi connectivity index (χ0) is 30.6. The van der Waals surface area contributed by atoms with Gasteiger partial charge in [0.1, 0.15) is 6.04 Å². The second kappa shape index (κ2) is 16.1. The molecule has 0 saturated heterocycles. The number of Topliss-reactive ketones (excluding diaryl/α,β-unsaturated/α-hetero) is 1. The molecule has 4 atom stereocenters. The first-order valence-corrected chi connectivity index (χ1v) is 14.1. The van der Waals surface area contributed by atoms with E-state index in [-0.39, 0.29) is 29.4 Å². The minimum atomic E-state index is -0.894. The smallest absolute Gasteiger partial charge is 0.251 e. The number of nitrogens with one attached hydrogen (secondary N) is 3. The van der Waals surface area contributed by atoms with E-state index in [0.29, 0.717) is 37.8 Å². The molecule has 0 saturated carbocycles. The summed E-state index contributed by atoms with van der Waals surface area (Å²) in [5.41, 5.74) is 12.8. The van der Waals surface area contributed by atoms with Crippen LogP contribution < -0.4 is 27.4 Å². The fourth-order valence-corrected chi connectivity index (χ4v) is 4.08. The van der Waals surface area contributed by atoms with Crippen molar-refractivity contribution in [3.63, 3.8) is 0 Å². The summed E-state index contributed by atoms with van der Waals surface area (Å²) in [6.07, 6.45) is 1.77. The van der Waals surface area contributed by atoms with Crippen LogP contribution in [0.1, 0.15) is 96.5 Å². The van der Waals surface area contributed by atoms with Gasteiger partial charge in [-0.3, -0.25) is 24.0 Å². The largest absolute Gasteiger partial charge is 0.368 e. The summed E-state index contributed by atoms with van der Waals surface area (Å²) >= 11 is 0. The molecule has 1 aromatic rings. The van der Waals surface area contributed by atoms with Crippen molar-refractivity contribution in [1.82, 2.24) is 16.0 Å². The van der Waals surface area contributed by atoms with E-state index in [9.17, 15) is 24.0 Å². The van der Waals surface area contributed by atoms with Crippen LogP contribution in [0, 0.1) is 11.8 Å². The Balaban J connectivity index is 2.56. The second-order valence-corrected chi connectivity index (χ2v) is 12.1. The van der Waals surface area contributed by atoms with Crippen LogP contribution in [0.25, 0.3) is 0 Å². The van der Waals surface area contributed by atoms with Gasteiger partial charge in [-0.05, 0) is 61.6 Å². The fourth-order valence-electron chi connectivity index (χ4n) is 4.08. The van der Waals surface area contributed by atoms with Gasteiger partial charge in [0.2, 0.25) is 17.7 Å². The maximum atomic E-state index is 12.9. The molecule has 224 valence electrons. The number of rotatable bonds is 16. The fraction of sp³-hybridized carbons (Fsp3) is 0.633. The van der Waals surface area contributed by atoms with E-state index in [1.165, 1.54) is 6.92 Å². The number of hydrogen-bond donors (Lipinski definition) is 5. The minimum absolute atomic E-state index is 0.00578. The van der Waals surface area contributed by atoms with Crippen LogP contribution in [-0.4, -0.2) is 54.1 Å². The number of unbranched alkanes of at least 4 members (excludes halogenated alkanes) is 1. The van der Waals surface area contributed by atoms with E-state index in [4.69, 9.17) is 11.5 Å². The van der Waals surface area contributed by atoms with Gasteiger partial charge in [0.15, 0.2) is 5.78 Å². The quantitative estimate of drug-likeness (QED) is 0.194. The molecule has 0 heterocycles. The van der Waals surface area contributed by atoms with Gasteiger partial charge in [0.05, 0.1) is 12.1 Å². The number of benzene rings is 1. The lowest BCUT2D eigenvalue weighted by molar-refractivity contribution is -0.133. The Labute approximate surface area is 238 Å². The molecule has 1 rings (SSSR count). The van der Waals surface area contributed by atoms with Crippen molar-refractivity contribution in [3.05, 3.63) is 35.4 Å². The Hall–Kier alpha value is -3.27. The molecule has 1 aromatic carbocycles. The van der Waals surface area contributed by atoms with Crippen molar-refractivity contribution >= 4 is 29.4 Å². The van der Waals surface area contributed by atoms with Crippen molar-refractivity contribution < 1.29 is 24.0 Å². The van der Waals surface area contributed by atoms with Crippen molar-refractivity contribution in [2.45, 2.75) is 104 Å². The Morgan fingerprint density at radius 1 is 0.850 bits per heavy atom. The topological polar surface area (TPSA) is 173 Å². The molecule has 0 aliphatic carbocycles. The first-order chi connectivity index (χ1) is 18.5. The molecule has 10 nitrogen and oxygen atoms in total. The van der Waals surface area contributed by atoms with Crippen molar-refractivity contribution in [2.24, 2.45) is 23.3 Å². The van der Waals surface area contributed by atoms with Gasteiger partial charge < -0.3 is 27.4 Å². The van der Waals surface area contributed by atoms with E-state index >= 15 is 0 Å². The lowest BCUT2D eigenvalue weighted by atomic mass is 9.87. The predicted octanol–water partition coefficient (Wildman–Crippen LogP) is 2.33. The summed E-state index contributed by atoms with van der Waals surface area (Å²) in [6, 6.07) is 5.11. The standard InChI is InChI=1S/C30H49N5O5/c1-18(2)16-24(35-28(39)20(4)31)25(36)17-19(3)27(38)34-23(26(32)37)10-8-9-15-33-29(40)21-11-13-22(14-12-21)30(5,6)7/h11-14,18-20,23-24H,8-10,15-17,31H2,1-7H3,(H2,32,37)(H,33,40)(H,34,38)(H,35,39)/t19-,20+,23+,24+/m1/s1. The molecule has 0 bridgehead atoms. The Morgan fingerprint density at radius 2 is 1.43 bits per heavy atom. The minimum Gasteiger partial charge on any atom is -0.368 e. The van der Waals surface area contributed by atoms with Crippen LogP contribution in [0.4, 0.5) is 0 Å². The van der Waals surface area contributed by atoms with Crippen LogP contribution in [0.5, 0.6) is 0 Å². The average molecular weight is 560 g/mol. The molecule has 10 heteroatoms. The molecule has 0 aliphatic heterocycles. The molecular weight excluding hydrogens is 510 g/mol. The molecule has 0 aromatic heterocycles. The highest BCUT2D eigenvalue weighted by Crippen LogP contribution is 2.22. The molecule has 40 heavy (non-hydrogen) atoms. The molecule has 0 radical (unpaired) electrons. The molecule has 0 fully saturated rings. The average Bonchev–Trinajstić information content (AvgIpc) is 2.85. The normalized spacial score (nSPS) is 14.5. The van der Waals surface area contributed by atoms with E-state index in [2.05, 4.69) is 36.7 Å². The highest BCUT2D eigenvalue weighted by molar-refractivity contribution is 5.95. The van der Waals surface area contributed by atoms with Crippen molar-refractivity contribution in [3.8, 4) is 0 Å². The monoisotopic (exact) mass is 559 g/mol. The van der Waals surface area contributed by atoms with Gasteiger partial charge in [-0.15, -0.1) is 0 Å². The van der Waals surface area contributed by atoms with Gasteiger partial charge in [0, 0.05) is 24.4 Å². The lowest BCUT2D eigenvalue weighted by Crippen LogP contribution is -2.49. The third-order valence-corrected chi connectivity index (χ3v) is 6.66. The molecule has 0 spiro atoms. The summed E-state index contributed by atoms with van der Waals surface area (Å²) in [5, 5.41) is 8.18. The first kappa shape index (κ1) is 34.8. The number of primary amides is 1. The molecular formula is C30H49N5O5. The van der Waals surface area contributed by atoms with Gasteiger partial charge >= 0.3 is 0 Å². The molecule has 0 aliphatic rings. The van der Waals surface area contributed by atoms with Gasteiger partial charge in [0.25, 0.3) is 5.91 Å². The number of nitrogens with two attached hydrogens (primary N) is 2. The maximum absolute atomic E-state index is 12.9. The summed E-state index contributed by atoms with van der Waals surface area (Å²) in [4.78, 5) is 62.0. The SMILES string of the molecule is CC(C)C[C@H](NC(=O)[C@H](C)N)C(=O)C[C@@H](C)C(=O)N[C@@H](CCCCNC(=O)c1ccc(C(C)(C)C)cc1)C(N)=O. The first-order valence-electron chi connectivity index (χ1n) is 14.1. The van der Waals surface area contributed by atoms with E-state index in [1.54, 1.807) is 19.1 Å². The lowest BCUT2D eigenvalue weighted by Gasteiger charge is -2.23. The molecule has 7 N–H and O–H groups in total. The Kier molecular flexibility index (Phi) is 14.0. The van der Waals surface area contributed by atoms with Crippen LogP contribution in [0.2, 0.25) is 0 Å². The highest BCUT2D eigenvalue weighted by atomic mass is 16.2. The van der Waals surface area contributed by atoms with E-state index < -0.39 is 41.8 Å². The second-order valence-electron chi connectivity index (χ2n) is 12.1. The summed E-state index contributed by atoms with van der Waals surface area (Å²) in [6.45, 7) is 13.7. The predicted molar refractivity (Wildman–Crippen MR) is 156 cm³/mol. The number of carbonyl (C=O) groups excluding carboxylic acids is 5. The van der Waals surface area contributed by atoms with Gasteiger partial charge in [-0.2, -0.15) is 0 Å². The third kappa shape index (κ3) is 12.3. The zero-order valence-corrected chi connectivity index (χ0v) is 25.1. The van der Waals surface area contributed by atoms with Crippen molar-refractivity contribution in [1.29, 1.82) is 0 Å². The third-order valence-electron chi connectivity index (χ3n) is 6.66. The maximum Gasteiger partial charge on any atom is 0.251 e. The van der Waals surface area contributed by atoms with Crippen LogP contribution in [0.3, 0.4) is 0 Å². The van der Waals surface area contributed by atoms with E-state index in [1.807, 2.05) is 26.0 Å². The van der Waals surface area contributed by atoms with Gasteiger partial charge in [-0.25, -0.2) is 0 Å². The molecule has 4 amide bonds. The molecule has 0 unspecified atom stereocenters. The van der Waals surface area contributed by atoms with Crippen molar-refractivity contribution in [2.75, 3.05) is 6.54 Å². The number of ketones is 1. The van der Waals surface area contributed by atoms with Crippen LogP contribution in [-0.2, 0) is 24.6 Å². The highest BCUT2D eigenvalue weighted by Gasteiger charge is 2.28. The summed E-state index contributed by atoms with van der Waals surface area (Å²) in [5.74, 6) is -2.59. The Bertz CT molecular complexity index is 1010. The number of carbonyl (C=O) groups is 5. The van der Waals surface area contributed by atoms with Crippen LogP contribution in [0.15, 0.2) is 24.3 Å². The number of hydrogen-bond acceptors (Lipinski definition) is 6. The van der Waals surface area contributed by atoms with Gasteiger partial charge in [-0.1, -0.05) is 53.7 Å². The number of amides is 4. The summed E-state index contributed by atoms with van der Waals surface area (Å²) in [7, 11) is 0. The van der Waals surface area contributed by atoms with E-state index in [0.717, 1.165) is 5.56 Å². The van der Waals surface area contributed by atoms with Crippen LogP contribution >= 0.6 is 0 Å².